The Morgan fingerprint density at radius 2 is 2.24 bits per heavy atom. The number of aromatic nitrogens is 4. The van der Waals surface area contributed by atoms with Gasteiger partial charge in [-0.2, -0.15) is 10.3 Å². The molecule has 0 radical (unpaired) electrons. The number of anilines is 1. The molecule has 0 atom stereocenters. The number of thioether (sulfide) groups is 1. The van der Waals surface area contributed by atoms with Gasteiger partial charge in [-0.05, 0) is 12.1 Å². The first-order valence-corrected chi connectivity index (χ1v) is 6.92. The second-order valence-electron chi connectivity index (χ2n) is 4.18. The number of halogens is 1. The highest BCUT2D eigenvalue weighted by molar-refractivity contribution is 7.98. The van der Waals surface area contributed by atoms with Gasteiger partial charge in [0.25, 0.3) is 0 Å². The molecule has 2 aromatic heterocycles. The number of hydrogen-bond donors (Lipinski definition) is 2. The zero-order valence-electron chi connectivity index (χ0n) is 10.7. The molecule has 0 aliphatic rings. The number of nitrogens with zero attached hydrogens (tertiary/aromatic N) is 4. The number of fused-ring (bicyclic) bond motifs is 1. The number of aromatic amines is 1. The van der Waals surface area contributed by atoms with Crippen LogP contribution >= 0.6 is 11.8 Å². The van der Waals surface area contributed by atoms with E-state index < -0.39 is 5.82 Å². The third-order valence-corrected chi connectivity index (χ3v) is 3.92. The second-order valence-corrected chi connectivity index (χ2v) is 5.20. The Hall–Kier alpha value is -2.66. The van der Waals surface area contributed by atoms with Crippen LogP contribution in [0.3, 0.4) is 0 Å². The Labute approximate surface area is 123 Å². The Bertz CT molecular complexity index is 853. The molecule has 2 heterocycles. The molecule has 0 fully saturated rings. The summed E-state index contributed by atoms with van der Waals surface area (Å²) in [5, 5.41) is 10.4. The van der Waals surface area contributed by atoms with Gasteiger partial charge in [-0.3, -0.25) is 0 Å². The second kappa shape index (κ2) is 5.38. The predicted molar refractivity (Wildman–Crippen MR) is 78.3 cm³/mol. The number of hydrogen-bond acceptors (Lipinski definition) is 5. The van der Waals surface area contributed by atoms with E-state index in [2.05, 4.69) is 25.2 Å². The molecule has 0 saturated heterocycles. The lowest BCUT2D eigenvalue weighted by Crippen LogP contribution is -1.93. The molecule has 6 nitrogen and oxygen atoms in total. The molecule has 0 amide bonds. The van der Waals surface area contributed by atoms with Gasteiger partial charge in [0.05, 0.1) is 6.57 Å². The summed E-state index contributed by atoms with van der Waals surface area (Å²) in [6, 6.07) is 6.13. The van der Waals surface area contributed by atoms with Crippen LogP contribution in [0.15, 0.2) is 29.2 Å². The maximum atomic E-state index is 13.8. The quantitative estimate of drug-likeness (QED) is 0.574. The molecule has 21 heavy (non-hydrogen) atoms. The Kier molecular flexibility index (Phi) is 3.41. The topological polar surface area (TPSA) is 84.8 Å². The van der Waals surface area contributed by atoms with Gasteiger partial charge in [0.1, 0.15) is 17.2 Å². The van der Waals surface area contributed by atoms with E-state index in [1.54, 1.807) is 12.1 Å². The average Bonchev–Trinajstić information content (AvgIpc) is 2.93. The van der Waals surface area contributed by atoms with E-state index in [0.717, 1.165) is 4.90 Å². The van der Waals surface area contributed by atoms with Crippen LogP contribution in [0.25, 0.3) is 16.0 Å². The summed E-state index contributed by atoms with van der Waals surface area (Å²) in [5.74, 6) is 0.225. The van der Waals surface area contributed by atoms with Crippen molar-refractivity contribution < 1.29 is 4.39 Å². The van der Waals surface area contributed by atoms with E-state index in [9.17, 15) is 4.39 Å². The van der Waals surface area contributed by atoms with Gasteiger partial charge < -0.3 is 5.73 Å². The summed E-state index contributed by atoms with van der Waals surface area (Å²) in [4.78, 5) is 8.12. The molecule has 0 aliphatic carbocycles. The van der Waals surface area contributed by atoms with Gasteiger partial charge in [-0.15, -0.1) is 16.9 Å². The average molecular weight is 300 g/mol. The van der Waals surface area contributed by atoms with Crippen molar-refractivity contribution in [3.8, 4) is 0 Å². The van der Waals surface area contributed by atoms with E-state index in [-0.39, 0.29) is 0 Å². The molecule has 3 rings (SSSR count). The lowest BCUT2D eigenvalue weighted by atomic mass is 10.2. The Morgan fingerprint density at radius 1 is 1.38 bits per heavy atom. The number of nitrogens with two attached hydrogens (primary N) is 1. The predicted octanol–water partition coefficient (Wildman–Crippen LogP) is 2.92. The number of pyridine rings is 1. The van der Waals surface area contributed by atoms with Gasteiger partial charge in [0, 0.05) is 16.2 Å². The van der Waals surface area contributed by atoms with Gasteiger partial charge in [-0.25, -0.2) is 14.2 Å². The van der Waals surface area contributed by atoms with E-state index >= 15 is 0 Å². The Balaban J connectivity index is 1.94. The third kappa shape index (κ3) is 2.51. The van der Waals surface area contributed by atoms with Crippen LogP contribution in [0.5, 0.6) is 0 Å². The minimum absolute atomic E-state index is 0.301. The third-order valence-electron chi connectivity index (χ3n) is 2.86. The summed E-state index contributed by atoms with van der Waals surface area (Å²) >= 11 is 1.34. The molecule has 0 unspecified atom stereocenters. The lowest BCUT2D eigenvalue weighted by Gasteiger charge is -2.06. The standard InChI is InChI=1S/C13H9FN6S/c1-16-9-4-2-3-8(14)7(9)6-21-10-5-11(15)17-13-12(10)18-20-19-13/h2-5H,6H2,(H3,15,17,18,19,20). The first-order chi connectivity index (χ1) is 10.2. The van der Waals surface area contributed by atoms with Crippen LogP contribution < -0.4 is 5.73 Å². The van der Waals surface area contributed by atoms with E-state index in [1.807, 2.05) is 0 Å². The van der Waals surface area contributed by atoms with Crippen LogP contribution in [0.1, 0.15) is 5.56 Å². The van der Waals surface area contributed by atoms with Crippen molar-refractivity contribution in [3.05, 3.63) is 47.1 Å². The summed E-state index contributed by atoms with van der Waals surface area (Å²) < 4.78 is 13.8. The number of H-pyrrole nitrogens is 1. The molecule has 104 valence electrons. The molecule has 0 bridgehead atoms. The normalized spacial score (nSPS) is 10.7. The zero-order chi connectivity index (χ0) is 14.8. The Morgan fingerprint density at radius 3 is 3.05 bits per heavy atom. The molecule has 3 aromatic rings. The van der Waals surface area contributed by atoms with Crippen molar-refractivity contribution in [2.24, 2.45) is 0 Å². The van der Waals surface area contributed by atoms with Crippen LogP contribution in [0.2, 0.25) is 0 Å². The lowest BCUT2D eigenvalue weighted by molar-refractivity contribution is 0.618. The van der Waals surface area contributed by atoms with Gasteiger partial charge >= 0.3 is 0 Å². The monoisotopic (exact) mass is 300 g/mol. The zero-order valence-corrected chi connectivity index (χ0v) is 11.5. The minimum atomic E-state index is -0.394. The SMILES string of the molecule is [C-]#[N+]c1cccc(F)c1CSc1cc(N)nc2n[nH]nc12. The molecule has 0 spiro atoms. The van der Waals surface area contributed by atoms with Gasteiger partial charge in [-0.1, -0.05) is 12.1 Å². The maximum absolute atomic E-state index is 13.8. The largest absolute Gasteiger partial charge is 0.384 e. The highest BCUT2D eigenvalue weighted by Gasteiger charge is 2.12. The number of rotatable bonds is 3. The molecular formula is C13H9FN6S. The van der Waals surface area contributed by atoms with Crippen molar-refractivity contribution in [1.82, 2.24) is 20.4 Å². The molecule has 0 aliphatic heterocycles. The van der Waals surface area contributed by atoms with Gasteiger partial charge in [0.2, 0.25) is 5.65 Å². The molecule has 1 aromatic carbocycles. The van der Waals surface area contributed by atoms with Crippen LogP contribution in [0.4, 0.5) is 15.9 Å². The number of nitrogen functional groups attached to an aromatic ring is 1. The van der Waals surface area contributed by atoms with Crippen molar-refractivity contribution in [2.75, 3.05) is 5.73 Å². The van der Waals surface area contributed by atoms with E-state index in [4.69, 9.17) is 12.3 Å². The van der Waals surface area contributed by atoms with E-state index in [0.29, 0.717) is 34.0 Å². The first-order valence-electron chi connectivity index (χ1n) is 5.93. The number of benzene rings is 1. The smallest absolute Gasteiger partial charge is 0.204 e. The fraction of sp³-hybridized carbons (Fsp3) is 0.0769. The maximum Gasteiger partial charge on any atom is 0.204 e. The van der Waals surface area contributed by atoms with Crippen LogP contribution in [-0.4, -0.2) is 20.4 Å². The molecular weight excluding hydrogens is 291 g/mol. The van der Waals surface area contributed by atoms with Crippen molar-refractivity contribution in [2.45, 2.75) is 10.6 Å². The fourth-order valence-electron chi connectivity index (χ4n) is 1.88. The molecule has 0 saturated carbocycles. The minimum Gasteiger partial charge on any atom is -0.384 e. The first kappa shape index (κ1) is 13.3. The highest BCUT2D eigenvalue weighted by atomic mass is 32.2. The van der Waals surface area contributed by atoms with Crippen LogP contribution in [0, 0.1) is 12.4 Å². The van der Waals surface area contributed by atoms with Gasteiger partial charge in [0.15, 0.2) is 5.69 Å². The van der Waals surface area contributed by atoms with Crippen molar-refractivity contribution >= 4 is 34.4 Å². The summed E-state index contributed by atoms with van der Waals surface area (Å²) in [5.41, 5.74) is 7.37. The fourth-order valence-corrected chi connectivity index (χ4v) is 2.94. The molecule has 3 N–H and O–H groups in total. The van der Waals surface area contributed by atoms with Crippen LogP contribution in [-0.2, 0) is 5.75 Å². The number of nitrogens with one attached hydrogen (secondary N) is 1. The van der Waals surface area contributed by atoms with Crippen molar-refractivity contribution in [3.63, 3.8) is 0 Å². The van der Waals surface area contributed by atoms with E-state index in [1.165, 1.54) is 23.9 Å². The molecule has 8 heteroatoms. The summed E-state index contributed by atoms with van der Waals surface area (Å²) in [6.07, 6.45) is 0. The van der Waals surface area contributed by atoms with Crippen molar-refractivity contribution in [1.29, 1.82) is 0 Å². The summed E-state index contributed by atoms with van der Waals surface area (Å²) in [7, 11) is 0. The highest BCUT2D eigenvalue weighted by Crippen LogP contribution is 2.33. The summed E-state index contributed by atoms with van der Waals surface area (Å²) in [6.45, 7) is 7.10.